The maximum atomic E-state index is 11.9. The van der Waals surface area contributed by atoms with Crippen LogP contribution in [-0.2, 0) is 20.8 Å². The molecule has 0 saturated heterocycles. The Morgan fingerprint density at radius 2 is 2.00 bits per heavy atom. The van der Waals surface area contributed by atoms with Crippen molar-refractivity contribution in [1.29, 1.82) is 0 Å². The molecule has 1 aromatic heterocycles. The van der Waals surface area contributed by atoms with E-state index in [1.54, 1.807) is 6.20 Å². The number of aromatic amines is 1. The van der Waals surface area contributed by atoms with E-state index in [0.717, 1.165) is 16.5 Å². The monoisotopic (exact) mass is 317 g/mol. The van der Waals surface area contributed by atoms with Gasteiger partial charge in [0.2, 0.25) is 11.8 Å². The van der Waals surface area contributed by atoms with Crippen molar-refractivity contribution >= 4 is 28.7 Å². The molecule has 122 valence electrons. The van der Waals surface area contributed by atoms with E-state index in [9.17, 15) is 19.5 Å². The van der Waals surface area contributed by atoms with Crippen molar-refractivity contribution in [2.45, 2.75) is 19.4 Å². The molecule has 0 radical (unpaired) electrons. The second kappa shape index (κ2) is 6.95. The SMILES string of the molecule is CC(=O)N(C)CC(=O)NC(Cc1c[nH]c2ccccc12)C(=O)O. The van der Waals surface area contributed by atoms with E-state index in [2.05, 4.69) is 10.3 Å². The lowest BCUT2D eigenvalue weighted by molar-refractivity contribution is -0.142. The van der Waals surface area contributed by atoms with Crippen molar-refractivity contribution in [2.24, 2.45) is 0 Å². The van der Waals surface area contributed by atoms with Gasteiger partial charge in [0, 0.05) is 37.5 Å². The first kappa shape index (κ1) is 16.5. The Balaban J connectivity index is 2.09. The molecular formula is C16H19N3O4. The first-order valence-electron chi connectivity index (χ1n) is 7.17. The van der Waals surface area contributed by atoms with Crippen molar-refractivity contribution in [2.75, 3.05) is 13.6 Å². The number of carboxylic acid groups (broad SMARTS) is 1. The van der Waals surface area contributed by atoms with E-state index in [0.29, 0.717) is 0 Å². The van der Waals surface area contributed by atoms with Crippen LogP contribution in [0.5, 0.6) is 0 Å². The predicted molar refractivity (Wildman–Crippen MR) is 84.9 cm³/mol. The van der Waals surface area contributed by atoms with E-state index in [4.69, 9.17) is 0 Å². The number of nitrogens with one attached hydrogen (secondary N) is 2. The average Bonchev–Trinajstić information content (AvgIpc) is 2.89. The van der Waals surface area contributed by atoms with Gasteiger partial charge in [0.1, 0.15) is 6.04 Å². The van der Waals surface area contributed by atoms with Gasteiger partial charge in [0.15, 0.2) is 0 Å². The molecule has 2 rings (SSSR count). The Morgan fingerprint density at radius 1 is 1.30 bits per heavy atom. The molecule has 0 saturated carbocycles. The molecule has 1 heterocycles. The van der Waals surface area contributed by atoms with E-state index in [1.807, 2.05) is 24.3 Å². The number of carbonyl (C=O) groups excluding carboxylic acids is 2. The zero-order chi connectivity index (χ0) is 17.0. The highest BCUT2D eigenvalue weighted by molar-refractivity contribution is 5.88. The van der Waals surface area contributed by atoms with Gasteiger partial charge < -0.3 is 20.3 Å². The number of aliphatic carboxylic acids is 1. The third-order valence-corrected chi connectivity index (χ3v) is 3.65. The summed E-state index contributed by atoms with van der Waals surface area (Å²) < 4.78 is 0. The van der Waals surface area contributed by atoms with Crippen molar-refractivity contribution < 1.29 is 19.5 Å². The number of nitrogens with zero attached hydrogens (tertiary/aromatic N) is 1. The Bertz CT molecular complexity index is 738. The Morgan fingerprint density at radius 3 is 2.65 bits per heavy atom. The largest absolute Gasteiger partial charge is 0.480 e. The molecule has 7 nitrogen and oxygen atoms in total. The molecule has 1 aromatic carbocycles. The summed E-state index contributed by atoms with van der Waals surface area (Å²) in [6, 6.07) is 6.49. The fourth-order valence-corrected chi connectivity index (χ4v) is 2.29. The minimum atomic E-state index is -1.12. The lowest BCUT2D eigenvalue weighted by Gasteiger charge is -2.18. The van der Waals surface area contributed by atoms with Crippen LogP contribution in [0.2, 0.25) is 0 Å². The lowest BCUT2D eigenvalue weighted by Crippen LogP contribution is -2.46. The number of H-pyrrole nitrogens is 1. The quantitative estimate of drug-likeness (QED) is 0.732. The first-order chi connectivity index (χ1) is 10.9. The predicted octanol–water partition coefficient (Wildman–Crippen LogP) is 0.758. The number of fused-ring (bicyclic) bond motifs is 1. The number of amides is 2. The van der Waals surface area contributed by atoms with Crippen molar-refractivity contribution in [3.8, 4) is 0 Å². The molecular weight excluding hydrogens is 298 g/mol. The minimum absolute atomic E-state index is 0.162. The molecule has 0 spiro atoms. The van der Waals surface area contributed by atoms with Crippen LogP contribution in [0.15, 0.2) is 30.5 Å². The molecule has 1 unspecified atom stereocenters. The van der Waals surface area contributed by atoms with Crippen LogP contribution in [0.4, 0.5) is 0 Å². The van der Waals surface area contributed by atoms with Gasteiger partial charge in [-0.25, -0.2) is 4.79 Å². The van der Waals surface area contributed by atoms with Crippen molar-refractivity contribution in [3.63, 3.8) is 0 Å². The molecule has 3 N–H and O–H groups in total. The number of carbonyl (C=O) groups is 3. The number of aromatic nitrogens is 1. The molecule has 23 heavy (non-hydrogen) atoms. The van der Waals surface area contributed by atoms with Crippen LogP contribution in [0.3, 0.4) is 0 Å². The fraction of sp³-hybridized carbons (Fsp3) is 0.312. The van der Waals surface area contributed by atoms with Gasteiger partial charge in [0.05, 0.1) is 6.54 Å². The Kier molecular flexibility index (Phi) is 5.00. The topological polar surface area (TPSA) is 103 Å². The van der Waals surface area contributed by atoms with Gasteiger partial charge in [-0.1, -0.05) is 18.2 Å². The van der Waals surface area contributed by atoms with Crippen LogP contribution in [0, 0.1) is 0 Å². The summed E-state index contributed by atoms with van der Waals surface area (Å²) in [6.07, 6.45) is 1.91. The molecule has 1 atom stereocenters. The third-order valence-electron chi connectivity index (χ3n) is 3.65. The lowest BCUT2D eigenvalue weighted by atomic mass is 10.0. The van der Waals surface area contributed by atoms with E-state index >= 15 is 0 Å². The van der Waals surface area contributed by atoms with E-state index in [1.165, 1.54) is 18.9 Å². The Hall–Kier alpha value is -2.83. The second-order valence-electron chi connectivity index (χ2n) is 5.40. The number of rotatable bonds is 6. The number of carboxylic acids is 1. The summed E-state index contributed by atoms with van der Waals surface area (Å²) in [6.45, 7) is 1.17. The highest BCUT2D eigenvalue weighted by atomic mass is 16.4. The van der Waals surface area contributed by atoms with Gasteiger partial charge in [-0.2, -0.15) is 0 Å². The minimum Gasteiger partial charge on any atom is -0.480 e. The summed E-state index contributed by atoms with van der Waals surface area (Å²) >= 11 is 0. The second-order valence-corrected chi connectivity index (χ2v) is 5.40. The van der Waals surface area contributed by atoms with Gasteiger partial charge in [-0.15, -0.1) is 0 Å². The molecule has 0 aliphatic rings. The summed E-state index contributed by atoms with van der Waals surface area (Å²) in [5, 5.41) is 12.7. The maximum Gasteiger partial charge on any atom is 0.326 e. The van der Waals surface area contributed by atoms with Gasteiger partial charge in [-0.3, -0.25) is 9.59 Å². The molecule has 0 aliphatic carbocycles. The molecule has 0 aliphatic heterocycles. The highest BCUT2D eigenvalue weighted by Crippen LogP contribution is 2.19. The van der Waals surface area contributed by atoms with Crippen LogP contribution >= 0.6 is 0 Å². The van der Waals surface area contributed by atoms with Crippen LogP contribution in [0.25, 0.3) is 10.9 Å². The number of hydrogen-bond donors (Lipinski definition) is 3. The fourth-order valence-electron chi connectivity index (χ4n) is 2.29. The summed E-state index contributed by atoms with van der Waals surface area (Å²) in [7, 11) is 1.48. The standard InChI is InChI=1S/C16H19N3O4/c1-10(20)19(2)9-15(21)18-14(16(22)23)7-11-8-17-13-6-4-3-5-12(11)13/h3-6,8,14,17H,7,9H2,1-2H3,(H,18,21)(H,22,23). The molecule has 7 heteroatoms. The number of para-hydroxylation sites is 1. The normalized spacial score (nSPS) is 11.9. The summed E-state index contributed by atoms with van der Waals surface area (Å²) in [5.74, 6) is -1.88. The zero-order valence-electron chi connectivity index (χ0n) is 13.0. The maximum absolute atomic E-state index is 11.9. The van der Waals surface area contributed by atoms with Gasteiger partial charge >= 0.3 is 5.97 Å². The average molecular weight is 317 g/mol. The van der Waals surface area contributed by atoms with Gasteiger partial charge in [-0.05, 0) is 11.6 Å². The Labute approximate surface area is 133 Å². The number of hydrogen-bond acceptors (Lipinski definition) is 3. The molecule has 2 amide bonds. The van der Waals surface area contributed by atoms with Crippen molar-refractivity contribution in [3.05, 3.63) is 36.0 Å². The summed E-state index contributed by atoms with van der Waals surface area (Å²) in [4.78, 5) is 38.7. The highest BCUT2D eigenvalue weighted by Gasteiger charge is 2.22. The molecule has 0 fully saturated rings. The molecule has 2 aromatic rings. The van der Waals surface area contributed by atoms with Crippen LogP contribution in [-0.4, -0.2) is 52.4 Å². The van der Waals surface area contributed by atoms with Crippen molar-refractivity contribution in [1.82, 2.24) is 15.2 Å². The van der Waals surface area contributed by atoms with Crippen LogP contribution < -0.4 is 5.32 Å². The van der Waals surface area contributed by atoms with E-state index < -0.39 is 17.9 Å². The van der Waals surface area contributed by atoms with E-state index in [-0.39, 0.29) is 18.9 Å². The first-order valence-corrected chi connectivity index (χ1v) is 7.17. The summed E-state index contributed by atoms with van der Waals surface area (Å²) in [5.41, 5.74) is 1.72. The molecule has 0 bridgehead atoms. The van der Waals surface area contributed by atoms with Crippen LogP contribution in [0.1, 0.15) is 12.5 Å². The zero-order valence-corrected chi connectivity index (χ0v) is 13.0. The number of likely N-dealkylation sites (N-methyl/N-ethyl adjacent to an activating group) is 1. The third kappa shape index (κ3) is 4.09. The smallest absolute Gasteiger partial charge is 0.326 e. The number of benzene rings is 1. The van der Waals surface area contributed by atoms with Gasteiger partial charge in [0.25, 0.3) is 0 Å².